The average molecular weight is 261 g/mol. The molecule has 0 atom stereocenters. The van der Waals surface area contributed by atoms with E-state index in [1.807, 2.05) is 6.07 Å². The summed E-state index contributed by atoms with van der Waals surface area (Å²) in [5.74, 6) is 0.807. The first-order valence-corrected chi connectivity index (χ1v) is 6.95. The maximum atomic E-state index is 5.70. The molecular weight excluding hydrogens is 246 g/mol. The largest absolute Gasteiger partial charge is 0.477 e. The smallest absolute Gasteiger partial charge is 0.217 e. The molecule has 0 saturated heterocycles. The van der Waals surface area contributed by atoms with Gasteiger partial charge in [-0.3, -0.25) is 0 Å². The number of pyridine rings is 1. The topological polar surface area (TPSA) is 22.1 Å². The number of hydrogen-bond acceptors (Lipinski definition) is 2. The minimum absolute atomic E-state index is 0.734. The van der Waals surface area contributed by atoms with Crippen molar-refractivity contribution in [2.45, 2.75) is 13.3 Å². The average Bonchev–Trinajstić information content (AvgIpc) is 2.93. The number of benzene rings is 2. The Morgan fingerprint density at radius 3 is 2.70 bits per heavy atom. The number of aryl methyl sites for hydroxylation is 1. The van der Waals surface area contributed by atoms with Crippen LogP contribution in [0.1, 0.15) is 11.1 Å². The highest BCUT2D eigenvalue weighted by molar-refractivity contribution is 5.98. The predicted octanol–water partition coefficient (Wildman–Crippen LogP) is 4.15. The van der Waals surface area contributed by atoms with Gasteiger partial charge in [-0.2, -0.15) is 0 Å². The monoisotopic (exact) mass is 261 g/mol. The number of para-hydroxylation sites is 1. The van der Waals surface area contributed by atoms with Gasteiger partial charge in [0.1, 0.15) is 0 Å². The van der Waals surface area contributed by atoms with Crippen molar-refractivity contribution in [1.82, 2.24) is 4.98 Å². The van der Waals surface area contributed by atoms with Crippen LogP contribution in [0.3, 0.4) is 0 Å². The van der Waals surface area contributed by atoms with Crippen LogP contribution in [0.15, 0.2) is 48.5 Å². The second-order valence-electron chi connectivity index (χ2n) is 5.20. The summed E-state index contributed by atoms with van der Waals surface area (Å²) < 4.78 is 5.70. The molecule has 0 saturated carbocycles. The number of ether oxygens (including phenoxy) is 1. The summed E-state index contributed by atoms with van der Waals surface area (Å²) in [5, 5.41) is 1.21. The summed E-state index contributed by atoms with van der Waals surface area (Å²) in [7, 11) is 0. The highest BCUT2D eigenvalue weighted by Crippen LogP contribution is 2.39. The van der Waals surface area contributed by atoms with Crippen LogP contribution >= 0.6 is 0 Å². The minimum atomic E-state index is 0.734. The summed E-state index contributed by atoms with van der Waals surface area (Å²) in [6.07, 6.45) is 0.941. The third-order valence-corrected chi connectivity index (χ3v) is 3.96. The van der Waals surface area contributed by atoms with Gasteiger partial charge in [0.2, 0.25) is 5.88 Å². The van der Waals surface area contributed by atoms with Gasteiger partial charge >= 0.3 is 0 Å². The van der Waals surface area contributed by atoms with Crippen LogP contribution in [-0.4, -0.2) is 11.6 Å². The third-order valence-electron chi connectivity index (χ3n) is 3.96. The number of fused-ring (bicyclic) bond motifs is 2. The van der Waals surface area contributed by atoms with E-state index < -0.39 is 0 Å². The van der Waals surface area contributed by atoms with Gasteiger partial charge in [-0.05, 0) is 24.1 Å². The third kappa shape index (κ3) is 1.61. The number of hydrogen-bond donors (Lipinski definition) is 0. The van der Waals surface area contributed by atoms with E-state index in [0.29, 0.717) is 0 Å². The van der Waals surface area contributed by atoms with E-state index in [1.165, 1.54) is 27.6 Å². The van der Waals surface area contributed by atoms with Crippen LogP contribution in [0, 0.1) is 6.92 Å². The summed E-state index contributed by atoms with van der Waals surface area (Å²) in [6.45, 7) is 2.89. The molecule has 2 heterocycles. The molecule has 2 nitrogen and oxygen atoms in total. The minimum Gasteiger partial charge on any atom is -0.477 e. The standard InChI is InChI=1S/C18H15NO/c1-12-6-2-3-7-13(12)17-14-8-4-5-9-16(14)19-18-15(17)10-11-20-18/h2-9H,10-11H2,1H3. The zero-order valence-corrected chi connectivity index (χ0v) is 11.4. The van der Waals surface area contributed by atoms with Crippen molar-refractivity contribution in [2.24, 2.45) is 0 Å². The van der Waals surface area contributed by atoms with E-state index in [4.69, 9.17) is 4.74 Å². The van der Waals surface area contributed by atoms with Gasteiger partial charge in [0, 0.05) is 22.9 Å². The van der Waals surface area contributed by atoms with E-state index in [-0.39, 0.29) is 0 Å². The lowest BCUT2D eigenvalue weighted by atomic mass is 9.92. The van der Waals surface area contributed by atoms with E-state index in [1.54, 1.807) is 0 Å². The Kier molecular flexibility index (Phi) is 2.49. The molecule has 1 aliphatic rings. The quantitative estimate of drug-likeness (QED) is 0.656. The first-order valence-electron chi connectivity index (χ1n) is 6.95. The molecule has 1 aliphatic heterocycles. The molecule has 98 valence electrons. The van der Waals surface area contributed by atoms with E-state index in [9.17, 15) is 0 Å². The van der Waals surface area contributed by atoms with Crippen LogP contribution in [0.2, 0.25) is 0 Å². The SMILES string of the molecule is Cc1ccccc1-c1c2c(nc3ccccc13)OCC2. The molecule has 2 heteroatoms. The highest BCUT2D eigenvalue weighted by Gasteiger charge is 2.22. The fourth-order valence-corrected chi connectivity index (χ4v) is 2.99. The van der Waals surface area contributed by atoms with Gasteiger partial charge in [-0.1, -0.05) is 42.5 Å². The lowest BCUT2D eigenvalue weighted by Gasteiger charge is -2.13. The molecule has 0 bridgehead atoms. The first-order chi connectivity index (χ1) is 9.84. The van der Waals surface area contributed by atoms with E-state index in [0.717, 1.165) is 24.4 Å². The highest BCUT2D eigenvalue weighted by atomic mass is 16.5. The normalized spacial score (nSPS) is 13.2. The van der Waals surface area contributed by atoms with Crippen molar-refractivity contribution in [3.8, 4) is 17.0 Å². The molecule has 0 aliphatic carbocycles. The molecule has 4 rings (SSSR count). The van der Waals surface area contributed by atoms with Gasteiger partial charge in [0.15, 0.2) is 0 Å². The number of aromatic nitrogens is 1. The maximum Gasteiger partial charge on any atom is 0.217 e. The molecule has 0 fully saturated rings. The molecule has 0 radical (unpaired) electrons. The fraction of sp³-hybridized carbons (Fsp3) is 0.167. The van der Waals surface area contributed by atoms with Gasteiger partial charge in [0.05, 0.1) is 12.1 Å². The summed E-state index contributed by atoms with van der Waals surface area (Å²) in [6, 6.07) is 16.8. The van der Waals surface area contributed by atoms with Crippen molar-refractivity contribution in [1.29, 1.82) is 0 Å². The molecule has 2 aromatic carbocycles. The van der Waals surface area contributed by atoms with Crippen molar-refractivity contribution in [2.75, 3.05) is 6.61 Å². The van der Waals surface area contributed by atoms with Crippen LogP contribution in [0.4, 0.5) is 0 Å². The summed E-state index contributed by atoms with van der Waals surface area (Å²) in [4.78, 5) is 4.65. The first kappa shape index (κ1) is 11.5. The molecule has 0 N–H and O–H groups in total. The van der Waals surface area contributed by atoms with Gasteiger partial charge in [0.25, 0.3) is 0 Å². The Hall–Kier alpha value is -2.35. The maximum absolute atomic E-state index is 5.70. The number of rotatable bonds is 1. The number of nitrogens with zero attached hydrogens (tertiary/aromatic N) is 1. The Bertz CT molecular complexity index is 808. The summed E-state index contributed by atoms with van der Waals surface area (Å²) in [5.41, 5.74) is 6.12. The molecule has 20 heavy (non-hydrogen) atoms. The lowest BCUT2D eigenvalue weighted by molar-refractivity contribution is 0.346. The molecular formula is C18H15NO. The Labute approximate surface area is 118 Å². The van der Waals surface area contributed by atoms with E-state index in [2.05, 4.69) is 54.4 Å². The van der Waals surface area contributed by atoms with Crippen molar-refractivity contribution >= 4 is 10.9 Å². The van der Waals surface area contributed by atoms with Gasteiger partial charge < -0.3 is 4.74 Å². The molecule has 0 spiro atoms. The summed E-state index contributed by atoms with van der Waals surface area (Å²) >= 11 is 0. The second kappa shape index (κ2) is 4.34. The van der Waals surface area contributed by atoms with Gasteiger partial charge in [-0.15, -0.1) is 0 Å². The zero-order chi connectivity index (χ0) is 13.5. The van der Waals surface area contributed by atoms with Crippen LogP contribution in [0.25, 0.3) is 22.0 Å². The van der Waals surface area contributed by atoms with Gasteiger partial charge in [-0.25, -0.2) is 4.98 Å². The Morgan fingerprint density at radius 2 is 1.80 bits per heavy atom. The van der Waals surface area contributed by atoms with Crippen LogP contribution in [0.5, 0.6) is 5.88 Å². The fourth-order valence-electron chi connectivity index (χ4n) is 2.99. The second-order valence-corrected chi connectivity index (χ2v) is 5.20. The predicted molar refractivity (Wildman–Crippen MR) is 81.1 cm³/mol. The molecule has 0 amide bonds. The van der Waals surface area contributed by atoms with Crippen molar-refractivity contribution in [3.63, 3.8) is 0 Å². The van der Waals surface area contributed by atoms with Crippen molar-refractivity contribution < 1.29 is 4.74 Å². The van der Waals surface area contributed by atoms with Crippen LogP contribution in [-0.2, 0) is 6.42 Å². The zero-order valence-electron chi connectivity index (χ0n) is 11.4. The Balaban J connectivity index is 2.15. The Morgan fingerprint density at radius 1 is 1.00 bits per heavy atom. The van der Waals surface area contributed by atoms with Crippen molar-refractivity contribution in [3.05, 3.63) is 59.7 Å². The molecule has 1 aromatic heterocycles. The van der Waals surface area contributed by atoms with Crippen LogP contribution < -0.4 is 4.74 Å². The van der Waals surface area contributed by atoms with E-state index >= 15 is 0 Å². The molecule has 3 aromatic rings. The lowest BCUT2D eigenvalue weighted by Crippen LogP contribution is -1.93. The molecule has 0 unspecified atom stereocenters.